The van der Waals surface area contributed by atoms with Crippen LogP contribution in [0.2, 0.25) is 0 Å². The zero-order valence-electron chi connectivity index (χ0n) is 9.73. The van der Waals surface area contributed by atoms with Gasteiger partial charge in [-0.05, 0) is 30.5 Å². The van der Waals surface area contributed by atoms with Gasteiger partial charge in [-0.2, -0.15) is 0 Å². The van der Waals surface area contributed by atoms with Gasteiger partial charge in [0.1, 0.15) is 0 Å². The molecule has 2 heterocycles. The highest BCUT2D eigenvalue weighted by atomic mass is 32.1. The number of benzene rings is 1. The number of hydrogen-bond donors (Lipinski definition) is 0. The first-order valence-electron chi connectivity index (χ1n) is 5.91. The van der Waals surface area contributed by atoms with E-state index in [9.17, 15) is 0 Å². The van der Waals surface area contributed by atoms with Crippen molar-refractivity contribution in [1.82, 2.24) is 0 Å². The van der Waals surface area contributed by atoms with E-state index in [2.05, 4.69) is 19.1 Å². The summed E-state index contributed by atoms with van der Waals surface area (Å²) in [6.07, 6.45) is 3.52. The van der Waals surface area contributed by atoms with Crippen LogP contribution in [0.4, 0.5) is 0 Å². The van der Waals surface area contributed by atoms with Crippen LogP contribution in [0, 0.1) is 0 Å². The fraction of sp³-hybridized carbons (Fsp3) is 0.286. The van der Waals surface area contributed by atoms with Gasteiger partial charge in [0.25, 0.3) is 0 Å². The van der Waals surface area contributed by atoms with Gasteiger partial charge in [-0.25, -0.2) is 0 Å². The maximum Gasteiger partial charge on any atom is 0.180 e. The predicted octanol–water partition coefficient (Wildman–Crippen LogP) is 4.99. The zero-order chi connectivity index (χ0) is 11.7. The Morgan fingerprint density at radius 2 is 1.76 bits per heavy atom. The number of aryl methyl sites for hydroxylation is 1. The Hall–Kier alpha value is -1.48. The van der Waals surface area contributed by atoms with Crippen LogP contribution in [0.1, 0.15) is 25.3 Å². The first-order chi connectivity index (χ1) is 8.36. The zero-order valence-corrected chi connectivity index (χ0v) is 10.5. The number of thiophene rings is 1. The molecule has 0 aliphatic carbocycles. The summed E-state index contributed by atoms with van der Waals surface area (Å²) >= 11 is 1.59. The molecule has 3 rings (SSSR count). The van der Waals surface area contributed by atoms with Gasteiger partial charge in [0.15, 0.2) is 23.0 Å². The van der Waals surface area contributed by atoms with E-state index in [0.717, 1.165) is 29.4 Å². The summed E-state index contributed by atoms with van der Waals surface area (Å²) in [6.45, 7) is 2.20. The molecular formula is C14H14O2S. The van der Waals surface area contributed by atoms with E-state index in [1.807, 2.05) is 16.8 Å². The highest BCUT2D eigenvalue weighted by molar-refractivity contribution is 7.08. The van der Waals surface area contributed by atoms with Crippen LogP contribution >= 0.6 is 11.3 Å². The quantitative estimate of drug-likeness (QED) is 0.648. The van der Waals surface area contributed by atoms with E-state index < -0.39 is 0 Å². The van der Waals surface area contributed by atoms with Crippen LogP contribution in [-0.2, 0) is 6.42 Å². The summed E-state index contributed by atoms with van der Waals surface area (Å²) in [6, 6.07) is 6.21. The van der Waals surface area contributed by atoms with Crippen molar-refractivity contribution in [2.24, 2.45) is 0 Å². The molecule has 0 fully saturated rings. The molecule has 0 radical (unpaired) electrons. The van der Waals surface area contributed by atoms with Crippen molar-refractivity contribution in [3.05, 3.63) is 34.5 Å². The largest absolute Gasteiger partial charge is 0.449 e. The first-order valence-corrected chi connectivity index (χ1v) is 6.86. The fourth-order valence-electron chi connectivity index (χ4n) is 1.91. The first kappa shape index (κ1) is 10.7. The van der Waals surface area contributed by atoms with E-state index in [1.54, 1.807) is 11.3 Å². The Bertz CT molecular complexity index is 531. The average Bonchev–Trinajstić information content (AvgIpc) is 2.80. The lowest BCUT2D eigenvalue weighted by atomic mass is 10.1. The van der Waals surface area contributed by atoms with Crippen molar-refractivity contribution >= 4 is 11.3 Å². The van der Waals surface area contributed by atoms with Crippen molar-refractivity contribution < 1.29 is 9.47 Å². The Kier molecular flexibility index (Phi) is 2.77. The third-order valence-corrected chi connectivity index (χ3v) is 3.56. The average molecular weight is 246 g/mol. The lowest BCUT2D eigenvalue weighted by molar-refractivity contribution is 0.362. The van der Waals surface area contributed by atoms with Crippen molar-refractivity contribution in [2.75, 3.05) is 0 Å². The van der Waals surface area contributed by atoms with Crippen molar-refractivity contribution in [2.45, 2.75) is 26.2 Å². The molecular weight excluding hydrogens is 232 g/mol. The van der Waals surface area contributed by atoms with Crippen molar-refractivity contribution in [1.29, 1.82) is 0 Å². The van der Waals surface area contributed by atoms with E-state index in [1.165, 1.54) is 18.4 Å². The van der Waals surface area contributed by atoms with Crippen molar-refractivity contribution in [3.8, 4) is 23.0 Å². The van der Waals surface area contributed by atoms with Crippen LogP contribution < -0.4 is 9.47 Å². The van der Waals surface area contributed by atoms with Crippen LogP contribution in [0.25, 0.3) is 0 Å². The van der Waals surface area contributed by atoms with E-state index in [-0.39, 0.29) is 0 Å². The number of unbranched alkanes of at least 4 members (excludes halogenated alkanes) is 1. The minimum absolute atomic E-state index is 0.816. The van der Waals surface area contributed by atoms with Gasteiger partial charge >= 0.3 is 0 Å². The molecule has 3 heteroatoms. The second-order valence-corrected chi connectivity index (χ2v) is 4.93. The van der Waals surface area contributed by atoms with Crippen LogP contribution in [0.5, 0.6) is 23.0 Å². The van der Waals surface area contributed by atoms with Crippen molar-refractivity contribution in [3.63, 3.8) is 0 Å². The molecule has 0 unspecified atom stereocenters. The molecule has 0 bridgehead atoms. The van der Waals surface area contributed by atoms with Gasteiger partial charge in [-0.15, -0.1) is 11.3 Å². The van der Waals surface area contributed by atoms with Gasteiger partial charge in [-0.1, -0.05) is 19.4 Å². The third-order valence-electron chi connectivity index (χ3n) is 2.86. The van der Waals surface area contributed by atoms with Crippen LogP contribution in [0.3, 0.4) is 0 Å². The van der Waals surface area contributed by atoms with Gasteiger partial charge in [0, 0.05) is 10.8 Å². The summed E-state index contributed by atoms with van der Waals surface area (Å²) in [5, 5.41) is 3.93. The molecule has 1 aromatic carbocycles. The van der Waals surface area contributed by atoms with Gasteiger partial charge < -0.3 is 9.47 Å². The Morgan fingerprint density at radius 3 is 2.53 bits per heavy atom. The number of rotatable bonds is 3. The maximum atomic E-state index is 5.82. The molecule has 0 N–H and O–H groups in total. The normalized spacial score (nSPS) is 12.3. The smallest absolute Gasteiger partial charge is 0.180 e. The molecule has 0 amide bonds. The fourth-order valence-corrected chi connectivity index (χ4v) is 2.56. The Balaban J connectivity index is 1.87. The highest BCUT2D eigenvalue weighted by Gasteiger charge is 2.19. The van der Waals surface area contributed by atoms with Crippen LogP contribution in [-0.4, -0.2) is 0 Å². The summed E-state index contributed by atoms with van der Waals surface area (Å²) in [7, 11) is 0. The third kappa shape index (κ3) is 2.03. The summed E-state index contributed by atoms with van der Waals surface area (Å²) in [5.41, 5.74) is 1.31. The Morgan fingerprint density at radius 1 is 1.00 bits per heavy atom. The molecule has 0 atom stereocenters. The summed E-state index contributed by atoms with van der Waals surface area (Å²) in [4.78, 5) is 0. The second-order valence-electron chi connectivity index (χ2n) is 4.19. The van der Waals surface area contributed by atoms with Gasteiger partial charge in [0.05, 0.1) is 0 Å². The molecule has 0 saturated carbocycles. The van der Waals surface area contributed by atoms with E-state index in [0.29, 0.717) is 0 Å². The lowest BCUT2D eigenvalue weighted by Crippen LogP contribution is -1.97. The predicted molar refractivity (Wildman–Crippen MR) is 69.5 cm³/mol. The molecule has 17 heavy (non-hydrogen) atoms. The molecule has 1 aliphatic rings. The lowest BCUT2D eigenvalue weighted by Gasteiger charge is -2.18. The molecule has 2 nitrogen and oxygen atoms in total. The number of fused-ring (bicyclic) bond motifs is 2. The summed E-state index contributed by atoms with van der Waals surface area (Å²) < 4.78 is 11.6. The van der Waals surface area contributed by atoms with Crippen LogP contribution in [0.15, 0.2) is 29.0 Å². The highest BCUT2D eigenvalue weighted by Crippen LogP contribution is 2.47. The molecule has 1 aromatic heterocycles. The SMILES string of the molecule is CCCCc1ccc2c(c1)Oc1cscc1O2. The van der Waals surface area contributed by atoms with E-state index >= 15 is 0 Å². The summed E-state index contributed by atoms with van der Waals surface area (Å²) in [5.74, 6) is 3.31. The molecule has 0 spiro atoms. The topological polar surface area (TPSA) is 18.5 Å². The minimum Gasteiger partial charge on any atom is -0.449 e. The van der Waals surface area contributed by atoms with E-state index in [4.69, 9.17) is 9.47 Å². The number of hydrogen-bond acceptors (Lipinski definition) is 3. The van der Waals surface area contributed by atoms with Gasteiger partial charge in [0.2, 0.25) is 0 Å². The molecule has 88 valence electrons. The number of ether oxygens (including phenoxy) is 2. The maximum absolute atomic E-state index is 5.82. The molecule has 2 aromatic rings. The monoisotopic (exact) mass is 246 g/mol. The second kappa shape index (κ2) is 4.41. The molecule has 0 saturated heterocycles. The minimum atomic E-state index is 0.816. The Labute approximate surface area is 105 Å². The standard InChI is InChI=1S/C14H14O2S/c1-2-3-4-10-5-6-11-12(7-10)16-14-9-17-8-13(14)15-11/h5-9H,2-4H2,1H3. The van der Waals surface area contributed by atoms with Gasteiger partial charge in [-0.3, -0.25) is 0 Å². The molecule has 1 aliphatic heterocycles.